The first kappa shape index (κ1) is 14.6. The van der Waals surface area contributed by atoms with E-state index in [1.165, 1.54) is 12.0 Å². The zero-order valence-corrected chi connectivity index (χ0v) is 13.3. The number of amides is 1. The van der Waals surface area contributed by atoms with Crippen molar-refractivity contribution in [2.24, 2.45) is 0 Å². The Hall–Kier alpha value is -1.32. The van der Waals surface area contributed by atoms with Gasteiger partial charge in [0.1, 0.15) is 0 Å². The molecule has 1 aromatic carbocycles. The zero-order valence-electron chi connectivity index (χ0n) is 11.8. The first-order valence-corrected chi connectivity index (χ1v) is 8.49. The molecule has 0 saturated heterocycles. The van der Waals surface area contributed by atoms with E-state index >= 15 is 0 Å². The molecule has 0 aliphatic heterocycles. The average Bonchev–Trinajstić information content (AvgIpc) is 2.92. The van der Waals surface area contributed by atoms with E-state index in [4.69, 9.17) is 11.6 Å². The molecule has 1 aliphatic rings. The largest absolute Gasteiger partial charge is 0.355 e. The Morgan fingerprint density at radius 2 is 2.00 bits per heavy atom. The van der Waals surface area contributed by atoms with Crippen molar-refractivity contribution in [2.75, 3.05) is 6.54 Å². The van der Waals surface area contributed by atoms with Crippen molar-refractivity contribution >= 4 is 28.8 Å². The van der Waals surface area contributed by atoms with Crippen LogP contribution in [-0.2, 0) is 16.6 Å². The molecule has 1 aliphatic carbocycles. The maximum Gasteiger partial charge on any atom is 0.225 e. The summed E-state index contributed by atoms with van der Waals surface area (Å²) in [6.45, 7) is 0.721. The standard InChI is InChI=1S/C17H18ClNOS/c18-14-6-4-13(5-7-14)17(8-2-9-17)12-19-16(20)11-15-3-1-10-21-15/h1,3-7,10H,2,8-9,11-12H2,(H,19,20). The summed E-state index contributed by atoms with van der Waals surface area (Å²) in [5, 5.41) is 5.87. The summed E-state index contributed by atoms with van der Waals surface area (Å²) in [4.78, 5) is 13.2. The molecular weight excluding hydrogens is 302 g/mol. The lowest BCUT2D eigenvalue weighted by Gasteiger charge is -2.42. The van der Waals surface area contributed by atoms with Crippen molar-refractivity contribution < 1.29 is 4.79 Å². The number of hydrogen-bond donors (Lipinski definition) is 1. The highest BCUT2D eigenvalue weighted by Crippen LogP contribution is 2.43. The molecule has 1 saturated carbocycles. The summed E-state index contributed by atoms with van der Waals surface area (Å²) in [6, 6.07) is 12.0. The number of carbonyl (C=O) groups excluding carboxylic acids is 1. The molecule has 4 heteroatoms. The van der Waals surface area contributed by atoms with Gasteiger partial charge in [0.2, 0.25) is 5.91 Å². The lowest BCUT2D eigenvalue weighted by Crippen LogP contribution is -2.45. The van der Waals surface area contributed by atoms with Gasteiger partial charge in [0.25, 0.3) is 0 Å². The smallest absolute Gasteiger partial charge is 0.225 e. The second-order valence-corrected chi connectivity index (χ2v) is 7.14. The van der Waals surface area contributed by atoms with E-state index in [9.17, 15) is 4.79 Å². The van der Waals surface area contributed by atoms with Crippen LogP contribution in [0, 0.1) is 0 Å². The minimum absolute atomic E-state index is 0.107. The molecule has 1 heterocycles. The van der Waals surface area contributed by atoms with Crippen LogP contribution in [-0.4, -0.2) is 12.5 Å². The molecule has 0 spiro atoms. The number of nitrogens with one attached hydrogen (secondary N) is 1. The van der Waals surface area contributed by atoms with E-state index in [1.54, 1.807) is 11.3 Å². The fourth-order valence-corrected chi connectivity index (χ4v) is 3.71. The molecule has 1 amide bonds. The van der Waals surface area contributed by atoms with Gasteiger partial charge in [-0.2, -0.15) is 0 Å². The van der Waals surface area contributed by atoms with Crippen molar-refractivity contribution in [3.05, 3.63) is 57.2 Å². The van der Waals surface area contributed by atoms with E-state index in [-0.39, 0.29) is 11.3 Å². The second-order valence-electron chi connectivity index (χ2n) is 5.67. The van der Waals surface area contributed by atoms with E-state index < -0.39 is 0 Å². The molecular formula is C17H18ClNOS. The minimum Gasteiger partial charge on any atom is -0.355 e. The normalized spacial score (nSPS) is 16.2. The quantitative estimate of drug-likeness (QED) is 0.880. The number of hydrogen-bond acceptors (Lipinski definition) is 2. The van der Waals surface area contributed by atoms with Crippen molar-refractivity contribution in [1.82, 2.24) is 5.32 Å². The molecule has 0 radical (unpaired) electrons. The molecule has 0 bridgehead atoms. The van der Waals surface area contributed by atoms with Gasteiger partial charge >= 0.3 is 0 Å². The Morgan fingerprint density at radius 3 is 2.57 bits per heavy atom. The summed E-state index contributed by atoms with van der Waals surface area (Å²) in [7, 11) is 0. The third-order valence-electron chi connectivity index (χ3n) is 4.31. The van der Waals surface area contributed by atoms with Crippen LogP contribution in [0.4, 0.5) is 0 Å². The molecule has 0 atom stereocenters. The summed E-state index contributed by atoms with van der Waals surface area (Å²) < 4.78 is 0. The predicted octanol–water partition coefficient (Wildman–Crippen LogP) is 4.18. The maximum atomic E-state index is 12.1. The van der Waals surface area contributed by atoms with Gasteiger partial charge < -0.3 is 5.32 Å². The number of halogens is 1. The lowest BCUT2D eigenvalue weighted by atomic mass is 9.64. The van der Waals surface area contributed by atoms with Crippen LogP contribution in [0.25, 0.3) is 0 Å². The highest BCUT2D eigenvalue weighted by Gasteiger charge is 2.38. The Bertz CT molecular complexity index is 602. The summed E-state index contributed by atoms with van der Waals surface area (Å²) >= 11 is 7.59. The van der Waals surface area contributed by atoms with Gasteiger partial charge in [-0.1, -0.05) is 36.2 Å². The van der Waals surface area contributed by atoms with Crippen molar-refractivity contribution in [1.29, 1.82) is 0 Å². The molecule has 0 unspecified atom stereocenters. The van der Waals surface area contributed by atoms with Gasteiger partial charge in [0.05, 0.1) is 6.42 Å². The fraction of sp³-hybridized carbons (Fsp3) is 0.353. The van der Waals surface area contributed by atoms with Crippen molar-refractivity contribution in [3.8, 4) is 0 Å². The molecule has 21 heavy (non-hydrogen) atoms. The number of carbonyl (C=O) groups is 1. The monoisotopic (exact) mass is 319 g/mol. The second kappa shape index (κ2) is 6.20. The van der Waals surface area contributed by atoms with E-state index in [0.717, 1.165) is 29.3 Å². The predicted molar refractivity (Wildman–Crippen MR) is 88.0 cm³/mol. The molecule has 110 valence electrons. The molecule has 2 nitrogen and oxygen atoms in total. The highest BCUT2D eigenvalue weighted by molar-refractivity contribution is 7.10. The van der Waals surface area contributed by atoms with Crippen LogP contribution >= 0.6 is 22.9 Å². The number of rotatable bonds is 5. The summed E-state index contributed by atoms with van der Waals surface area (Å²) in [6.07, 6.45) is 3.97. The minimum atomic E-state index is 0.107. The third-order valence-corrected chi connectivity index (χ3v) is 5.43. The third kappa shape index (κ3) is 3.30. The Labute approximate surface area is 134 Å². The van der Waals surface area contributed by atoms with Crippen LogP contribution in [0.5, 0.6) is 0 Å². The van der Waals surface area contributed by atoms with Gasteiger partial charge in [0, 0.05) is 21.9 Å². The first-order chi connectivity index (χ1) is 10.2. The highest BCUT2D eigenvalue weighted by atomic mass is 35.5. The number of benzene rings is 1. The van der Waals surface area contributed by atoms with Crippen LogP contribution in [0.1, 0.15) is 29.7 Å². The molecule has 1 fully saturated rings. The Balaban J connectivity index is 1.62. The van der Waals surface area contributed by atoms with Crippen molar-refractivity contribution in [2.45, 2.75) is 31.1 Å². The van der Waals surface area contributed by atoms with E-state index in [0.29, 0.717) is 6.42 Å². The van der Waals surface area contributed by atoms with Crippen LogP contribution < -0.4 is 5.32 Å². The van der Waals surface area contributed by atoms with Gasteiger partial charge in [0.15, 0.2) is 0 Å². The maximum absolute atomic E-state index is 12.1. The lowest BCUT2D eigenvalue weighted by molar-refractivity contribution is -0.120. The first-order valence-electron chi connectivity index (χ1n) is 7.23. The zero-order chi connectivity index (χ0) is 14.7. The van der Waals surface area contributed by atoms with Gasteiger partial charge in [-0.3, -0.25) is 4.79 Å². The topological polar surface area (TPSA) is 29.1 Å². The average molecular weight is 320 g/mol. The van der Waals surface area contributed by atoms with Crippen molar-refractivity contribution in [3.63, 3.8) is 0 Å². The summed E-state index contributed by atoms with van der Waals surface area (Å²) in [5.41, 5.74) is 1.39. The molecule has 1 N–H and O–H groups in total. The van der Waals surface area contributed by atoms with Crippen LogP contribution in [0.3, 0.4) is 0 Å². The van der Waals surface area contributed by atoms with Crippen LogP contribution in [0.2, 0.25) is 5.02 Å². The Morgan fingerprint density at radius 1 is 1.24 bits per heavy atom. The molecule has 1 aromatic heterocycles. The van der Waals surface area contributed by atoms with E-state index in [2.05, 4.69) is 17.4 Å². The van der Waals surface area contributed by atoms with Gasteiger partial charge in [-0.25, -0.2) is 0 Å². The van der Waals surface area contributed by atoms with E-state index in [1.807, 2.05) is 29.6 Å². The fourth-order valence-electron chi connectivity index (χ4n) is 2.88. The van der Waals surface area contributed by atoms with Gasteiger partial charge in [-0.15, -0.1) is 11.3 Å². The summed E-state index contributed by atoms with van der Waals surface area (Å²) in [5.74, 6) is 0.109. The van der Waals surface area contributed by atoms with Gasteiger partial charge in [-0.05, 0) is 42.0 Å². The number of thiophene rings is 1. The molecule has 2 aromatic rings. The Kier molecular flexibility index (Phi) is 4.32. The van der Waals surface area contributed by atoms with Crippen LogP contribution in [0.15, 0.2) is 41.8 Å². The molecule has 3 rings (SSSR count). The SMILES string of the molecule is O=C(Cc1cccs1)NCC1(c2ccc(Cl)cc2)CCC1.